The van der Waals surface area contributed by atoms with Crippen LogP contribution in [0.3, 0.4) is 0 Å². The molecule has 0 atom stereocenters. The van der Waals surface area contributed by atoms with Crippen LogP contribution < -0.4 is 5.73 Å². The van der Waals surface area contributed by atoms with Crippen LogP contribution in [-0.4, -0.2) is 5.71 Å². The number of anilines is 1. The SMILES string of the molecule is Cc1cc2c(c3ccccc13)-c1ccc3ccccc3c1C21c2ccccc2-c2ccccc21.N=C(c1ccccc1)c1ccccc1N. The Hall–Kier alpha value is -6.25. The van der Waals surface area contributed by atoms with Gasteiger partial charge in [-0.15, -0.1) is 0 Å². The number of hydrogen-bond acceptors (Lipinski definition) is 2. The molecule has 232 valence electrons. The minimum atomic E-state index is -0.312. The van der Waals surface area contributed by atoms with Crippen molar-refractivity contribution in [2.45, 2.75) is 12.3 Å². The van der Waals surface area contributed by atoms with Crippen LogP contribution in [0.2, 0.25) is 0 Å². The van der Waals surface area contributed by atoms with Crippen LogP contribution >= 0.6 is 0 Å². The van der Waals surface area contributed by atoms with E-state index >= 15 is 0 Å². The molecule has 0 saturated heterocycles. The highest BCUT2D eigenvalue weighted by Gasteiger charge is 2.52. The Morgan fingerprint density at radius 1 is 0.510 bits per heavy atom. The summed E-state index contributed by atoms with van der Waals surface area (Å²) in [5, 5.41) is 13.4. The first kappa shape index (κ1) is 28.9. The number of para-hydroxylation sites is 1. The average Bonchev–Trinajstić information content (AvgIpc) is 3.63. The van der Waals surface area contributed by atoms with Crippen LogP contribution in [-0.2, 0) is 5.41 Å². The number of aryl methyl sites for hydroxylation is 1. The molecule has 0 bridgehead atoms. The molecule has 8 aromatic rings. The van der Waals surface area contributed by atoms with E-state index in [4.69, 9.17) is 11.1 Å². The Bertz CT molecular complexity index is 2550. The van der Waals surface area contributed by atoms with Gasteiger partial charge < -0.3 is 5.73 Å². The molecular weight excluding hydrogens is 593 g/mol. The Balaban J connectivity index is 0.000000183. The van der Waals surface area contributed by atoms with Crippen molar-refractivity contribution < 1.29 is 0 Å². The Labute approximate surface area is 286 Å². The molecule has 0 fully saturated rings. The number of benzene rings is 8. The smallest absolute Gasteiger partial charge is 0.0731 e. The van der Waals surface area contributed by atoms with Crippen LogP contribution in [0.25, 0.3) is 43.8 Å². The molecule has 2 aliphatic carbocycles. The highest BCUT2D eigenvalue weighted by molar-refractivity contribution is 6.14. The molecule has 10 rings (SSSR count). The second kappa shape index (κ2) is 11.2. The fourth-order valence-electron chi connectivity index (χ4n) is 8.44. The van der Waals surface area contributed by atoms with Crippen molar-refractivity contribution >= 4 is 32.9 Å². The van der Waals surface area contributed by atoms with Crippen molar-refractivity contribution in [2.24, 2.45) is 0 Å². The number of fused-ring (bicyclic) bond motifs is 14. The van der Waals surface area contributed by atoms with Gasteiger partial charge in [-0.05, 0) is 84.6 Å². The lowest BCUT2D eigenvalue weighted by molar-refractivity contribution is 0.801. The van der Waals surface area contributed by atoms with Gasteiger partial charge in [0.15, 0.2) is 0 Å². The first-order valence-electron chi connectivity index (χ1n) is 16.8. The molecule has 2 nitrogen and oxygen atoms in total. The number of nitrogen functional groups attached to an aromatic ring is 1. The highest BCUT2D eigenvalue weighted by atomic mass is 14.6. The van der Waals surface area contributed by atoms with Gasteiger partial charge in [0, 0.05) is 16.8 Å². The van der Waals surface area contributed by atoms with E-state index in [2.05, 4.69) is 122 Å². The zero-order chi connectivity index (χ0) is 33.1. The lowest BCUT2D eigenvalue weighted by atomic mass is 9.69. The number of hydrogen-bond donors (Lipinski definition) is 2. The normalized spacial score (nSPS) is 12.9. The van der Waals surface area contributed by atoms with Crippen molar-refractivity contribution in [2.75, 3.05) is 5.73 Å². The van der Waals surface area contributed by atoms with E-state index in [9.17, 15) is 0 Å². The van der Waals surface area contributed by atoms with E-state index in [-0.39, 0.29) is 5.41 Å². The van der Waals surface area contributed by atoms with Crippen molar-refractivity contribution in [1.82, 2.24) is 0 Å². The monoisotopic (exact) mass is 626 g/mol. The molecule has 3 N–H and O–H groups in total. The van der Waals surface area contributed by atoms with Crippen LogP contribution in [0.1, 0.15) is 38.9 Å². The maximum atomic E-state index is 8.03. The van der Waals surface area contributed by atoms with E-state index < -0.39 is 0 Å². The topological polar surface area (TPSA) is 49.9 Å². The number of nitrogens with one attached hydrogen (secondary N) is 1. The Kier molecular flexibility index (Phi) is 6.60. The second-order valence-electron chi connectivity index (χ2n) is 13.0. The van der Waals surface area contributed by atoms with E-state index in [0.717, 1.165) is 11.1 Å². The molecule has 1 spiro atoms. The predicted octanol–water partition coefficient (Wildman–Crippen LogP) is 11.3. The summed E-state index contributed by atoms with van der Waals surface area (Å²) in [6, 6.07) is 60.2. The summed E-state index contributed by atoms with van der Waals surface area (Å²) in [5.41, 5.74) is 20.8. The fraction of sp³-hybridized carbons (Fsp3) is 0.0426. The highest BCUT2D eigenvalue weighted by Crippen LogP contribution is 2.65. The third-order valence-corrected chi connectivity index (χ3v) is 10.5. The zero-order valence-electron chi connectivity index (χ0n) is 27.2. The molecule has 2 aliphatic rings. The summed E-state index contributed by atoms with van der Waals surface area (Å²) < 4.78 is 0. The average molecular weight is 627 g/mol. The van der Waals surface area contributed by atoms with E-state index in [1.807, 2.05) is 54.6 Å². The summed E-state index contributed by atoms with van der Waals surface area (Å²) in [6.45, 7) is 2.27. The third kappa shape index (κ3) is 4.17. The third-order valence-electron chi connectivity index (χ3n) is 10.5. The molecule has 0 unspecified atom stereocenters. The molecule has 0 aliphatic heterocycles. The molecular formula is C47H34N2. The van der Waals surface area contributed by atoms with Crippen LogP contribution in [0, 0.1) is 12.3 Å². The first-order chi connectivity index (χ1) is 24.1. The lowest BCUT2D eigenvalue weighted by Gasteiger charge is -2.31. The van der Waals surface area contributed by atoms with E-state index in [1.54, 1.807) is 0 Å². The summed E-state index contributed by atoms with van der Waals surface area (Å²) in [4.78, 5) is 0. The molecule has 0 aromatic heterocycles. The maximum Gasteiger partial charge on any atom is 0.0731 e. The fourth-order valence-corrected chi connectivity index (χ4v) is 8.44. The lowest BCUT2D eigenvalue weighted by Crippen LogP contribution is -2.26. The number of rotatable bonds is 2. The summed E-state index contributed by atoms with van der Waals surface area (Å²) >= 11 is 0. The van der Waals surface area contributed by atoms with Gasteiger partial charge in [-0.2, -0.15) is 0 Å². The minimum Gasteiger partial charge on any atom is -0.398 e. The first-order valence-corrected chi connectivity index (χ1v) is 16.8. The van der Waals surface area contributed by atoms with Crippen molar-refractivity contribution in [3.05, 3.63) is 209 Å². The molecule has 8 aromatic carbocycles. The van der Waals surface area contributed by atoms with Gasteiger partial charge in [0.1, 0.15) is 0 Å². The molecule has 2 heteroatoms. The van der Waals surface area contributed by atoms with Gasteiger partial charge in [0.25, 0.3) is 0 Å². The molecule has 0 amide bonds. The van der Waals surface area contributed by atoms with Crippen LogP contribution in [0.5, 0.6) is 0 Å². The second-order valence-corrected chi connectivity index (χ2v) is 13.0. The molecule has 0 heterocycles. The van der Waals surface area contributed by atoms with Gasteiger partial charge >= 0.3 is 0 Å². The molecule has 0 radical (unpaired) electrons. The molecule has 0 saturated carbocycles. The van der Waals surface area contributed by atoms with Crippen molar-refractivity contribution in [3.63, 3.8) is 0 Å². The zero-order valence-corrected chi connectivity index (χ0v) is 27.2. The standard InChI is InChI=1S/C34H22.C13H12N2/c1-21-20-31-32(27-15-5-4-11-23(21)27)28-19-18-22-10-2-3-12-24(22)33(28)34(31)29-16-8-6-13-25(29)26-14-7-9-17-30(26)34;14-12-9-5-4-8-11(12)13(15)10-6-2-1-3-7-10/h2-20H,1H3;1-9,15H,14H2. The van der Waals surface area contributed by atoms with Crippen LogP contribution in [0.15, 0.2) is 170 Å². The van der Waals surface area contributed by atoms with Crippen LogP contribution in [0.4, 0.5) is 5.69 Å². The maximum absolute atomic E-state index is 8.03. The predicted molar refractivity (Wildman–Crippen MR) is 206 cm³/mol. The van der Waals surface area contributed by atoms with Crippen molar-refractivity contribution in [1.29, 1.82) is 5.41 Å². The Morgan fingerprint density at radius 3 is 1.80 bits per heavy atom. The van der Waals surface area contributed by atoms with Gasteiger partial charge in [0.2, 0.25) is 0 Å². The largest absolute Gasteiger partial charge is 0.398 e. The van der Waals surface area contributed by atoms with Crippen molar-refractivity contribution in [3.8, 4) is 22.3 Å². The van der Waals surface area contributed by atoms with Gasteiger partial charge in [0.05, 0.1) is 11.1 Å². The van der Waals surface area contributed by atoms with E-state index in [1.165, 1.54) is 71.6 Å². The summed E-state index contributed by atoms with van der Waals surface area (Å²) in [6.07, 6.45) is 0. The quantitative estimate of drug-likeness (QED) is 0.146. The van der Waals surface area contributed by atoms with Gasteiger partial charge in [-0.25, -0.2) is 0 Å². The van der Waals surface area contributed by atoms with Gasteiger partial charge in [-0.3, -0.25) is 5.41 Å². The Morgan fingerprint density at radius 2 is 1.08 bits per heavy atom. The molecule has 49 heavy (non-hydrogen) atoms. The summed E-state index contributed by atoms with van der Waals surface area (Å²) in [7, 11) is 0. The summed E-state index contributed by atoms with van der Waals surface area (Å²) in [5.74, 6) is 0. The van der Waals surface area contributed by atoms with Gasteiger partial charge in [-0.1, -0.05) is 164 Å². The minimum absolute atomic E-state index is 0.312. The van der Waals surface area contributed by atoms with E-state index in [0.29, 0.717) is 11.4 Å². The number of nitrogens with two attached hydrogens (primary N) is 1.